The van der Waals surface area contributed by atoms with Crippen LogP contribution in [0.2, 0.25) is 0 Å². The van der Waals surface area contributed by atoms with Crippen molar-refractivity contribution in [3.63, 3.8) is 0 Å². The Morgan fingerprint density at radius 1 is 0.420 bits per heavy atom. The maximum atomic E-state index is 12.1. The number of amides is 5. The molecule has 0 aromatic heterocycles. The van der Waals surface area contributed by atoms with Crippen molar-refractivity contribution in [2.24, 2.45) is 0 Å². The number of aromatic hydroxyl groups is 1. The summed E-state index contributed by atoms with van der Waals surface area (Å²) in [7, 11) is 0. The van der Waals surface area contributed by atoms with E-state index in [0.717, 1.165) is 30.6 Å². The van der Waals surface area contributed by atoms with Gasteiger partial charge >= 0.3 is 6.03 Å². The van der Waals surface area contributed by atoms with E-state index in [-0.39, 0.29) is 54.4 Å². The molecule has 3 unspecified atom stereocenters. The van der Waals surface area contributed by atoms with Gasteiger partial charge in [0, 0.05) is 56.7 Å². The monoisotopic (exact) mass is 1180 g/mol. The van der Waals surface area contributed by atoms with Crippen molar-refractivity contribution in [1.29, 1.82) is 0 Å². The smallest absolute Gasteiger partial charge is 0.315 e. The summed E-state index contributed by atoms with van der Waals surface area (Å²) in [5, 5.41) is 24.3. The van der Waals surface area contributed by atoms with Crippen LogP contribution in [-0.4, -0.2) is 270 Å². The Hall–Kier alpha value is -3.55. The molecule has 3 rings (SSSR count). The van der Waals surface area contributed by atoms with Crippen molar-refractivity contribution in [2.75, 3.05) is 224 Å². The van der Waals surface area contributed by atoms with Gasteiger partial charge in [-0.3, -0.25) is 14.4 Å². The highest BCUT2D eigenvalue weighted by Crippen LogP contribution is 2.33. The van der Waals surface area contributed by atoms with E-state index in [2.05, 4.69) is 26.6 Å². The Morgan fingerprint density at radius 2 is 0.778 bits per heavy atom. The van der Waals surface area contributed by atoms with Crippen LogP contribution in [0, 0.1) is 0 Å². The summed E-state index contributed by atoms with van der Waals surface area (Å²) in [4.78, 5) is 47.6. The molecule has 468 valence electrons. The van der Waals surface area contributed by atoms with Crippen LogP contribution in [0.15, 0.2) is 24.3 Å². The molecule has 2 aliphatic rings. The second-order valence-electron chi connectivity index (χ2n) is 18.4. The van der Waals surface area contributed by atoms with Gasteiger partial charge < -0.3 is 103 Å². The van der Waals surface area contributed by atoms with Gasteiger partial charge in [0.2, 0.25) is 17.7 Å². The fraction of sp³-hybridized carbons (Fsp3) is 0.818. The van der Waals surface area contributed by atoms with Crippen molar-refractivity contribution >= 4 is 35.5 Å². The predicted octanol–water partition coefficient (Wildman–Crippen LogP) is 1.43. The second-order valence-corrected chi connectivity index (χ2v) is 19.7. The molecular formula is C55H97N5O20S. The lowest BCUT2D eigenvalue weighted by atomic mass is 10.0. The normalized spacial score (nSPS) is 15.7. The Bertz CT molecular complexity index is 1670. The topological polar surface area (TPSA) is 287 Å². The lowest BCUT2D eigenvalue weighted by molar-refractivity contribution is -0.122. The van der Waals surface area contributed by atoms with E-state index in [0.29, 0.717) is 242 Å². The molecule has 0 saturated carbocycles. The van der Waals surface area contributed by atoms with Gasteiger partial charge in [0.05, 0.1) is 203 Å². The molecule has 6 N–H and O–H groups in total. The third-order valence-electron chi connectivity index (χ3n) is 11.8. The SMILES string of the molecule is O=C(CCCCC1SCC2NC(=O)NC21)NCCOCCOCCOCCOCCOCCOCCOCCOCCOCCOCCOCCOCCC(=O)NCCCOCCOCCOCCCNC(=O)Cc1ccc(O)cc1. The molecule has 0 radical (unpaired) electrons. The standard InChI is InChI=1S/C55H97N5O20S/c61-48-9-7-47(8-10-48)45-53(64)57-13-4-16-67-20-24-70-23-19-66-15-3-12-56-52(63)11-17-68-21-25-71-27-29-73-31-33-75-35-37-77-39-41-79-43-44-80-42-40-78-38-36-76-34-32-74-30-28-72-26-22-69-18-14-58-51(62)6-2-1-5-50-54-49(46-81-50)59-55(65)60-54/h7-10,49-50,54,61H,1-6,11-46H2,(H,56,63)(H,57,64)(H,58,62)(H2,59,60,65). The Kier molecular flexibility index (Phi) is 47.1. The Labute approximate surface area is 483 Å². The molecule has 1 aromatic rings. The maximum Gasteiger partial charge on any atom is 0.315 e. The minimum absolute atomic E-state index is 0.0355. The van der Waals surface area contributed by atoms with Crippen molar-refractivity contribution in [1.82, 2.24) is 26.6 Å². The number of benzene rings is 1. The van der Waals surface area contributed by atoms with Crippen LogP contribution in [-0.2, 0) is 91.9 Å². The van der Waals surface area contributed by atoms with E-state index in [1.54, 1.807) is 24.3 Å². The fourth-order valence-electron chi connectivity index (χ4n) is 7.61. The molecule has 81 heavy (non-hydrogen) atoms. The average Bonchev–Trinajstić information content (AvgIpc) is 4.28. The third kappa shape index (κ3) is 43.7. The maximum absolute atomic E-state index is 12.1. The number of ether oxygens (including phenoxy) is 15. The Morgan fingerprint density at radius 3 is 1.21 bits per heavy atom. The highest BCUT2D eigenvalue weighted by molar-refractivity contribution is 8.00. The molecule has 25 nitrogen and oxygen atoms in total. The van der Waals surface area contributed by atoms with Crippen LogP contribution in [0.25, 0.3) is 0 Å². The molecule has 2 aliphatic heterocycles. The number of nitrogens with one attached hydrogen (secondary N) is 5. The number of unbranched alkanes of at least 4 members (excludes halogenated alkanes) is 1. The minimum Gasteiger partial charge on any atom is -0.508 e. The zero-order valence-electron chi connectivity index (χ0n) is 47.9. The molecule has 3 atom stereocenters. The number of phenolic OH excluding ortho intramolecular Hbond substituents is 1. The lowest BCUT2D eigenvalue weighted by Gasteiger charge is -2.16. The van der Waals surface area contributed by atoms with E-state index in [1.165, 1.54) is 0 Å². The minimum atomic E-state index is -0.0731. The Balaban J connectivity index is 0.866. The summed E-state index contributed by atoms with van der Waals surface area (Å²) >= 11 is 1.90. The van der Waals surface area contributed by atoms with Crippen molar-refractivity contribution < 1.29 is 95.3 Å². The summed E-state index contributed by atoms with van der Waals surface area (Å²) < 4.78 is 82.7. The first-order valence-electron chi connectivity index (χ1n) is 28.8. The zero-order chi connectivity index (χ0) is 57.6. The number of carbonyl (C=O) groups is 4. The fourth-order valence-corrected chi connectivity index (χ4v) is 9.15. The number of carbonyl (C=O) groups excluding carboxylic acids is 4. The molecule has 0 spiro atoms. The first kappa shape index (κ1) is 71.7. The van der Waals surface area contributed by atoms with E-state index in [9.17, 15) is 24.3 Å². The lowest BCUT2D eigenvalue weighted by Crippen LogP contribution is -2.36. The second kappa shape index (κ2) is 53.2. The van der Waals surface area contributed by atoms with Crippen LogP contribution in [0.5, 0.6) is 5.75 Å². The van der Waals surface area contributed by atoms with E-state index >= 15 is 0 Å². The predicted molar refractivity (Wildman–Crippen MR) is 301 cm³/mol. The van der Waals surface area contributed by atoms with Crippen molar-refractivity contribution in [3.8, 4) is 5.75 Å². The quantitative estimate of drug-likeness (QED) is 0.0397. The summed E-state index contributed by atoms with van der Waals surface area (Å²) in [5.41, 5.74) is 0.844. The molecule has 2 fully saturated rings. The molecule has 26 heteroatoms. The van der Waals surface area contributed by atoms with Crippen LogP contribution >= 0.6 is 11.8 Å². The van der Waals surface area contributed by atoms with Crippen LogP contribution < -0.4 is 26.6 Å². The third-order valence-corrected chi connectivity index (χ3v) is 13.3. The van der Waals surface area contributed by atoms with Gasteiger partial charge in [-0.2, -0.15) is 11.8 Å². The van der Waals surface area contributed by atoms with Gasteiger partial charge in [-0.05, 0) is 43.4 Å². The molecule has 2 saturated heterocycles. The average molecular weight is 1180 g/mol. The molecule has 5 amide bonds. The van der Waals surface area contributed by atoms with Crippen LogP contribution in [0.3, 0.4) is 0 Å². The largest absolute Gasteiger partial charge is 0.508 e. The summed E-state index contributed by atoms with van der Waals surface area (Å²) in [5.74, 6) is 1.02. The molecular weight excluding hydrogens is 1080 g/mol. The van der Waals surface area contributed by atoms with Gasteiger partial charge in [0.25, 0.3) is 0 Å². The van der Waals surface area contributed by atoms with E-state index in [4.69, 9.17) is 71.1 Å². The summed E-state index contributed by atoms with van der Waals surface area (Å²) in [6, 6.07) is 6.96. The highest BCUT2D eigenvalue weighted by atomic mass is 32.2. The number of phenols is 1. The first-order chi connectivity index (χ1) is 39.9. The van der Waals surface area contributed by atoms with Gasteiger partial charge in [0.15, 0.2) is 0 Å². The highest BCUT2D eigenvalue weighted by Gasteiger charge is 2.42. The number of urea groups is 1. The van der Waals surface area contributed by atoms with Crippen molar-refractivity contribution in [3.05, 3.63) is 29.8 Å². The van der Waals surface area contributed by atoms with E-state index < -0.39 is 0 Å². The van der Waals surface area contributed by atoms with Gasteiger partial charge in [-0.15, -0.1) is 0 Å². The summed E-state index contributed by atoms with van der Waals surface area (Å²) in [6.07, 6.45) is 5.25. The zero-order valence-corrected chi connectivity index (χ0v) is 48.7. The molecule has 0 aliphatic carbocycles. The van der Waals surface area contributed by atoms with Gasteiger partial charge in [-0.1, -0.05) is 18.6 Å². The number of thioether (sulfide) groups is 1. The molecule has 2 heterocycles. The van der Waals surface area contributed by atoms with E-state index in [1.807, 2.05) is 11.8 Å². The molecule has 1 aromatic carbocycles. The number of fused-ring (bicyclic) bond motifs is 1. The number of hydrogen-bond donors (Lipinski definition) is 6. The van der Waals surface area contributed by atoms with Crippen molar-refractivity contribution in [2.45, 2.75) is 68.7 Å². The molecule has 0 bridgehead atoms. The van der Waals surface area contributed by atoms with Crippen LogP contribution in [0.4, 0.5) is 4.79 Å². The number of rotatable bonds is 60. The van der Waals surface area contributed by atoms with Gasteiger partial charge in [0.1, 0.15) is 5.75 Å². The van der Waals surface area contributed by atoms with Gasteiger partial charge in [-0.25, -0.2) is 4.79 Å². The summed E-state index contributed by atoms with van der Waals surface area (Å²) in [6.45, 7) is 15.2. The van der Waals surface area contributed by atoms with Crippen LogP contribution in [0.1, 0.15) is 50.5 Å². The first-order valence-corrected chi connectivity index (χ1v) is 29.9. The number of hydrogen-bond acceptors (Lipinski definition) is 21.